The van der Waals surface area contributed by atoms with Gasteiger partial charge in [0.05, 0.1) is 19.4 Å². The largest absolute Gasteiger partial charge is 0.497 e. The lowest BCUT2D eigenvalue weighted by molar-refractivity contribution is 0.126. The summed E-state index contributed by atoms with van der Waals surface area (Å²) in [7, 11) is 1.66. The zero-order valence-corrected chi connectivity index (χ0v) is 17.0. The maximum absolute atomic E-state index is 9.68. The van der Waals surface area contributed by atoms with Crippen LogP contribution in [0.5, 0.6) is 5.75 Å². The number of nitrogens with zero attached hydrogens (tertiary/aromatic N) is 3. The van der Waals surface area contributed by atoms with Crippen LogP contribution in [0.15, 0.2) is 30.6 Å². The first-order chi connectivity index (χ1) is 14.7. The van der Waals surface area contributed by atoms with E-state index in [0.29, 0.717) is 23.9 Å². The molecule has 0 bridgehead atoms. The molecule has 8 heteroatoms. The highest BCUT2D eigenvalue weighted by atomic mass is 16.5. The van der Waals surface area contributed by atoms with Gasteiger partial charge in [-0.2, -0.15) is 10.2 Å². The molecule has 2 heterocycles. The molecule has 1 saturated carbocycles. The topological polar surface area (TPSA) is 119 Å². The minimum absolute atomic E-state index is 0.214. The Kier molecular flexibility index (Phi) is 6.00. The summed E-state index contributed by atoms with van der Waals surface area (Å²) in [5.74, 6) is 1.87. The van der Waals surface area contributed by atoms with Gasteiger partial charge in [0, 0.05) is 35.8 Å². The normalized spacial score (nSPS) is 18.7. The Hall–Kier alpha value is -3.31. The van der Waals surface area contributed by atoms with Crippen molar-refractivity contribution in [2.24, 2.45) is 0 Å². The smallest absolute Gasteiger partial charge is 0.224 e. The van der Waals surface area contributed by atoms with Crippen LogP contribution >= 0.6 is 0 Å². The molecule has 8 nitrogen and oxygen atoms in total. The summed E-state index contributed by atoms with van der Waals surface area (Å²) in [4.78, 5) is 12.1. The number of fused-ring (bicyclic) bond motifs is 1. The fourth-order valence-corrected chi connectivity index (χ4v) is 3.88. The highest BCUT2D eigenvalue weighted by molar-refractivity contribution is 5.84. The van der Waals surface area contributed by atoms with Crippen LogP contribution in [0.2, 0.25) is 0 Å². The van der Waals surface area contributed by atoms with Gasteiger partial charge in [0.15, 0.2) is 0 Å². The van der Waals surface area contributed by atoms with Crippen LogP contribution in [0.1, 0.15) is 36.8 Å². The number of aromatic amines is 1. The molecule has 4 rings (SSSR count). The number of benzene rings is 1. The summed E-state index contributed by atoms with van der Waals surface area (Å²) in [6.07, 6.45) is 7.42. The van der Waals surface area contributed by atoms with Crippen LogP contribution in [0.25, 0.3) is 10.9 Å². The van der Waals surface area contributed by atoms with Crippen molar-refractivity contribution in [1.29, 1.82) is 5.26 Å². The number of nitrogens with one attached hydrogen (secondary N) is 3. The number of anilines is 2. The van der Waals surface area contributed by atoms with Gasteiger partial charge in [-0.15, -0.1) is 0 Å². The first-order valence-electron chi connectivity index (χ1n) is 10.3. The van der Waals surface area contributed by atoms with Crippen LogP contribution in [0.4, 0.5) is 11.8 Å². The first-order valence-corrected chi connectivity index (χ1v) is 10.3. The number of H-pyrrole nitrogens is 1. The molecule has 3 aromatic rings. The number of ether oxygens (including phenoxy) is 1. The van der Waals surface area contributed by atoms with E-state index in [1.165, 1.54) is 10.9 Å². The van der Waals surface area contributed by atoms with Crippen LogP contribution in [-0.4, -0.2) is 45.9 Å². The maximum Gasteiger partial charge on any atom is 0.224 e. The number of nitriles is 1. The summed E-state index contributed by atoms with van der Waals surface area (Å²) in [5, 5.41) is 26.8. The summed E-state index contributed by atoms with van der Waals surface area (Å²) in [6, 6.07) is 8.36. The minimum Gasteiger partial charge on any atom is -0.497 e. The monoisotopic (exact) mass is 406 g/mol. The molecule has 1 aliphatic carbocycles. The second-order valence-electron chi connectivity index (χ2n) is 7.62. The Morgan fingerprint density at radius 3 is 2.90 bits per heavy atom. The molecule has 30 heavy (non-hydrogen) atoms. The van der Waals surface area contributed by atoms with Gasteiger partial charge >= 0.3 is 0 Å². The summed E-state index contributed by atoms with van der Waals surface area (Å²) < 4.78 is 5.27. The second kappa shape index (κ2) is 9.01. The molecular formula is C22H26N6O2. The number of hydrogen-bond donors (Lipinski definition) is 4. The molecule has 0 unspecified atom stereocenters. The summed E-state index contributed by atoms with van der Waals surface area (Å²) >= 11 is 0. The van der Waals surface area contributed by atoms with Crippen LogP contribution in [-0.2, 0) is 6.42 Å². The Bertz CT molecular complexity index is 1050. The molecule has 0 atom stereocenters. The van der Waals surface area contributed by atoms with Crippen molar-refractivity contribution < 1.29 is 9.84 Å². The zero-order chi connectivity index (χ0) is 20.9. The van der Waals surface area contributed by atoms with E-state index in [-0.39, 0.29) is 12.1 Å². The molecule has 1 fully saturated rings. The molecule has 0 amide bonds. The second-order valence-corrected chi connectivity index (χ2v) is 7.62. The lowest BCUT2D eigenvalue weighted by Crippen LogP contribution is -2.29. The molecule has 1 aliphatic rings. The average Bonchev–Trinajstić information content (AvgIpc) is 3.17. The fraction of sp³-hybridized carbons (Fsp3) is 0.409. The highest BCUT2D eigenvalue weighted by Crippen LogP contribution is 2.25. The van der Waals surface area contributed by atoms with Gasteiger partial charge in [-0.3, -0.25) is 0 Å². The standard InChI is InChI=1S/C22H26N6O2/c1-30-18-6-7-19-14(12-25-20(19)10-18)8-9-24-22-26-13-15(11-23)21(28-22)27-16-2-4-17(29)5-3-16/h6-7,10,12-13,16-17,25,29H,2-5,8-9H2,1H3,(H2,24,26,27,28)/t16-,17+. The van der Waals surface area contributed by atoms with Crippen LogP contribution in [0.3, 0.4) is 0 Å². The Morgan fingerprint density at radius 1 is 1.30 bits per heavy atom. The van der Waals surface area contributed by atoms with Gasteiger partial charge in [0.2, 0.25) is 5.95 Å². The number of hydrogen-bond acceptors (Lipinski definition) is 7. The fourth-order valence-electron chi connectivity index (χ4n) is 3.88. The minimum atomic E-state index is -0.216. The van der Waals surface area contributed by atoms with Crippen molar-refractivity contribution in [1.82, 2.24) is 15.0 Å². The van der Waals surface area contributed by atoms with Gasteiger partial charge in [-0.1, -0.05) is 0 Å². The average molecular weight is 406 g/mol. The molecule has 0 aliphatic heterocycles. The van der Waals surface area contributed by atoms with Gasteiger partial charge in [0.25, 0.3) is 0 Å². The number of aliphatic hydroxyl groups is 1. The Balaban J connectivity index is 1.39. The van der Waals surface area contributed by atoms with Crippen molar-refractivity contribution in [2.75, 3.05) is 24.3 Å². The van der Waals surface area contributed by atoms with E-state index in [4.69, 9.17) is 4.74 Å². The molecule has 0 radical (unpaired) electrons. The van der Waals surface area contributed by atoms with Gasteiger partial charge in [-0.05, 0) is 49.8 Å². The third-order valence-corrected chi connectivity index (χ3v) is 5.60. The van der Waals surface area contributed by atoms with E-state index in [1.807, 2.05) is 18.3 Å². The highest BCUT2D eigenvalue weighted by Gasteiger charge is 2.20. The predicted octanol–water partition coefficient (Wildman–Crippen LogP) is 3.21. The Labute approximate surface area is 175 Å². The molecule has 4 N–H and O–H groups in total. The number of aromatic nitrogens is 3. The van der Waals surface area contributed by atoms with Crippen molar-refractivity contribution in [2.45, 2.75) is 44.2 Å². The Morgan fingerprint density at radius 2 is 2.13 bits per heavy atom. The zero-order valence-electron chi connectivity index (χ0n) is 17.0. The lowest BCUT2D eigenvalue weighted by Gasteiger charge is -2.26. The van der Waals surface area contributed by atoms with E-state index in [9.17, 15) is 10.4 Å². The molecule has 156 valence electrons. The quantitative estimate of drug-likeness (QED) is 0.476. The SMILES string of the molecule is COc1ccc2c(CCNc3ncc(C#N)c(N[C@H]4CC[C@@H](O)CC4)n3)c[nH]c2c1. The van der Waals surface area contributed by atoms with E-state index in [0.717, 1.165) is 43.4 Å². The van der Waals surface area contributed by atoms with Gasteiger partial charge in [0.1, 0.15) is 23.2 Å². The summed E-state index contributed by atoms with van der Waals surface area (Å²) in [5.41, 5.74) is 2.67. The van der Waals surface area contributed by atoms with Crippen LogP contribution < -0.4 is 15.4 Å². The van der Waals surface area contributed by atoms with Crippen molar-refractivity contribution in [3.05, 3.63) is 41.7 Å². The molecule has 0 spiro atoms. The first kappa shape index (κ1) is 20.0. The number of methoxy groups -OCH3 is 1. The molecule has 0 saturated heterocycles. The maximum atomic E-state index is 9.68. The van der Waals surface area contributed by atoms with Crippen molar-refractivity contribution in [3.8, 4) is 11.8 Å². The van der Waals surface area contributed by atoms with E-state index in [2.05, 4.69) is 37.7 Å². The third kappa shape index (κ3) is 4.47. The number of rotatable bonds is 7. The third-order valence-electron chi connectivity index (χ3n) is 5.60. The lowest BCUT2D eigenvalue weighted by atomic mass is 9.93. The van der Waals surface area contributed by atoms with Crippen LogP contribution in [0, 0.1) is 11.3 Å². The number of aliphatic hydroxyl groups excluding tert-OH is 1. The molecular weight excluding hydrogens is 380 g/mol. The van der Waals surface area contributed by atoms with E-state index in [1.54, 1.807) is 13.3 Å². The van der Waals surface area contributed by atoms with Gasteiger partial charge in [-0.25, -0.2) is 4.98 Å². The molecule has 2 aromatic heterocycles. The van der Waals surface area contributed by atoms with E-state index < -0.39 is 0 Å². The van der Waals surface area contributed by atoms with E-state index >= 15 is 0 Å². The van der Waals surface area contributed by atoms with Crippen molar-refractivity contribution in [3.63, 3.8) is 0 Å². The molecule has 1 aromatic carbocycles. The van der Waals surface area contributed by atoms with Gasteiger partial charge < -0.3 is 25.5 Å². The van der Waals surface area contributed by atoms with Crippen molar-refractivity contribution >= 4 is 22.7 Å². The summed E-state index contributed by atoms with van der Waals surface area (Å²) in [6.45, 7) is 0.667. The predicted molar refractivity (Wildman–Crippen MR) is 116 cm³/mol.